The molecule has 0 aromatic heterocycles. The van der Waals surface area contributed by atoms with Crippen LogP contribution in [0.3, 0.4) is 0 Å². The molecule has 0 unspecified atom stereocenters. The first kappa shape index (κ1) is 19.4. The van der Waals surface area contributed by atoms with E-state index in [0.29, 0.717) is 0 Å². The Hall–Kier alpha value is -1.68. The number of ether oxygens (including phenoxy) is 1. The Bertz CT molecular complexity index is 706. The summed E-state index contributed by atoms with van der Waals surface area (Å²) in [5.74, 6) is -0.0546. The lowest BCUT2D eigenvalue weighted by atomic mass is 10.1. The van der Waals surface area contributed by atoms with Gasteiger partial charge >= 0.3 is 0 Å². The zero-order valence-corrected chi connectivity index (χ0v) is 14.1. The quantitative estimate of drug-likeness (QED) is 0.446. The largest absolute Gasteiger partial charge is 0.495 e. The maximum absolute atomic E-state index is 12.3. The fourth-order valence-electron chi connectivity index (χ4n) is 2.09. The van der Waals surface area contributed by atoms with Gasteiger partial charge in [-0.3, -0.25) is 10.1 Å². The Morgan fingerprint density at radius 2 is 2.17 bits per heavy atom. The molecule has 1 heterocycles. The van der Waals surface area contributed by atoms with Crippen molar-refractivity contribution in [3.05, 3.63) is 40.0 Å². The van der Waals surface area contributed by atoms with E-state index in [4.69, 9.17) is 4.74 Å². The number of halogens is 1. The molecule has 0 aliphatic carbocycles. The smallest absolute Gasteiger partial charge is 0.273 e. The summed E-state index contributed by atoms with van der Waals surface area (Å²) in [4.78, 5) is 10.0. The zero-order chi connectivity index (χ0) is 16.2. The molecule has 0 spiro atoms. The third kappa shape index (κ3) is 4.90. The molecule has 1 aliphatic rings. The molecule has 0 saturated carbocycles. The van der Waals surface area contributed by atoms with Crippen molar-refractivity contribution in [2.75, 3.05) is 26.7 Å². The number of sulfonamides is 1. The number of nitrogens with zero attached hydrogens (tertiary/aromatic N) is 1. The summed E-state index contributed by atoms with van der Waals surface area (Å²) < 4.78 is 32.1. The van der Waals surface area contributed by atoms with E-state index in [0.717, 1.165) is 37.2 Å². The first-order valence-electron chi connectivity index (χ1n) is 6.65. The van der Waals surface area contributed by atoms with Crippen molar-refractivity contribution in [1.29, 1.82) is 0 Å². The molecule has 2 N–H and O–H groups in total. The Labute approximate surface area is 140 Å². The first-order chi connectivity index (χ1) is 10.4. The molecule has 1 aromatic rings. The number of hydrogen-bond acceptors (Lipinski definition) is 6. The second-order valence-electron chi connectivity index (χ2n) is 4.73. The van der Waals surface area contributed by atoms with Gasteiger partial charge < -0.3 is 10.1 Å². The highest BCUT2D eigenvalue weighted by atomic mass is 35.5. The molecule has 0 atom stereocenters. The summed E-state index contributed by atoms with van der Waals surface area (Å²) in [5, 5.41) is 13.9. The summed E-state index contributed by atoms with van der Waals surface area (Å²) >= 11 is 0. The van der Waals surface area contributed by atoms with E-state index in [-0.39, 0.29) is 35.3 Å². The van der Waals surface area contributed by atoms with Crippen molar-refractivity contribution in [3.63, 3.8) is 0 Å². The third-order valence-corrected chi connectivity index (χ3v) is 4.74. The molecule has 10 heteroatoms. The van der Waals surface area contributed by atoms with Crippen LogP contribution in [-0.2, 0) is 10.0 Å². The molecule has 0 radical (unpaired) electrons. The number of hydrogen-bond donors (Lipinski definition) is 2. The van der Waals surface area contributed by atoms with Crippen LogP contribution < -0.4 is 14.8 Å². The molecule has 0 fully saturated rings. The highest BCUT2D eigenvalue weighted by Gasteiger charge is 2.22. The van der Waals surface area contributed by atoms with Crippen LogP contribution in [0, 0.1) is 10.1 Å². The summed E-state index contributed by atoms with van der Waals surface area (Å²) in [6.45, 7) is 1.75. The molecular weight excluding hydrogens is 346 g/mol. The van der Waals surface area contributed by atoms with Gasteiger partial charge in [-0.25, -0.2) is 13.1 Å². The maximum Gasteiger partial charge on any atom is 0.273 e. The van der Waals surface area contributed by atoms with Gasteiger partial charge in [0, 0.05) is 19.2 Å². The number of nitro groups is 1. The van der Waals surface area contributed by atoms with Gasteiger partial charge in [0.15, 0.2) is 0 Å². The lowest BCUT2D eigenvalue weighted by Gasteiger charge is -2.15. The SMILES string of the molecule is COc1cc([N+](=O)[O-])ccc1S(=O)(=O)NCC1=CCNCC1.Cl. The molecule has 23 heavy (non-hydrogen) atoms. The van der Waals surface area contributed by atoms with Crippen LogP contribution in [0.25, 0.3) is 0 Å². The van der Waals surface area contributed by atoms with E-state index in [1.54, 1.807) is 0 Å². The van der Waals surface area contributed by atoms with Gasteiger partial charge in [-0.2, -0.15) is 0 Å². The van der Waals surface area contributed by atoms with Crippen molar-refractivity contribution >= 4 is 28.1 Å². The molecule has 0 bridgehead atoms. The first-order valence-corrected chi connectivity index (χ1v) is 8.13. The molecule has 2 rings (SSSR count). The summed E-state index contributed by atoms with van der Waals surface area (Å²) in [6.07, 6.45) is 2.72. The van der Waals surface area contributed by atoms with Crippen LogP contribution in [-0.4, -0.2) is 40.1 Å². The second-order valence-corrected chi connectivity index (χ2v) is 6.47. The molecule has 1 aliphatic heterocycles. The van der Waals surface area contributed by atoms with Crippen molar-refractivity contribution in [3.8, 4) is 5.75 Å². The fraction of sp³-hybridized carbons (Fsp3) is 0.385. The fourth-order valence-corrected chi connectivity index (χ4v) is 3.27. The Morgan fingerprint density at radius 1 is 1.43 bits per heavy atom. The van der Waals surface area contributed by atoms with Crippen molar-refractivity contribution in [1.82, 2.24) is 10.0 Å². The average molecular weight is 364 g/mol. The van der Waals surface area contributed by atoms with Gasteiger partial charge in [-0.1, -0.05) is 11.6 Å². The maximum atomic E-state index is 12.3. The lowest BCUT2D eigenvalue weighted by molar-refractivity contribution is -0.385. The van der Waals surface area contributed by atoms with E-state index >= 15 is 0 Å². The molecular formula is C13H18ClN3O5S. The predicted octanol–water partition coefficient (Wildman–Crippen LogP) is 1.22. The van der Waals surface area contributed by atoms with Crippen LogP contribution in [0.1, 0.15) is 6.42 Å². The minimum atomic E-state index is -3.80. The van der Waals surface area contributed by atoms with Crippen molar-refractivity contribution < 1.29 is 18.1 Å². The number of methoxy groups -OCH3 is 1. The summed E-state index contributed by atoms with van der Waals surface area (Å²) in [7, 11) is -2.53. The van der Waals surface area contributed by atoms with Crippen molar-refractivity contribution in [2.24, 2.45) is 0 Å². The number of non-ortho nitro benzene ring substituents is 1. The van der Waals surface area contributed by atoms with Gasteiger partial charge in [0.1, 0.15) is 10.6 Å². The van der Waals surface area contributed by atoms with E-state index < -0.39 is 14.9 Å². The molecule has 1 aromatic carbocycles. The highest BCUT2D eigenvalue weighted by Crippen LogP contribution is 2.28. The highest BCUT2D eigenvalue weighted by molar-refractivity contribution is 7.89. The van der Waals surface area contributed by atoms with Gasteiger partial charge in [0.25, 0.3) is 5.69 Å². The molecule has 0 amide bonds. The Kier molecular flexibility index (Phi) is 6.95. The Balaban J connectivity index is 0.00000264. The van der Waals surface area contributed by atoms with E-state index in [1.807, 2.05) is 6.08 Å². The molecule has 8 nitrogen and oxygen atoms in total. The van der Waals surface area contributed by atoms with Crippen LogP contribution >= 0.6 is 12.4 Å². The van der Waals surface area contributed by atoms with Gasteiger partial charge in [-0.05, 0) is 19.0 Å². The average Bonchev–Trinajstić information content (AvgIpc) is 2.53. The second kappa shape index (κ2) is 8.25. The van der Waals surface area contributed by atoms with Gasteiger partial charge in [0.05, 0.1) is 18.1 Å². The lowest BCUT2D eigenvalue weighted by Crippen LogP contribution is -2.30. The number of nitro benzene ring substituents is 1. The van der Waals surface area contributed by atoms with Gasteiger partial charge in [-0.15, -0.1) is 12.4 Å². The molecule has 0 saturated heterocycles. The summed E-state index contributed by atoms with van der Waals surface area (Å²) in [5.41, 5.74) is 0.778. The monoisotopic (exact) mass is 363 g/mol. The topological polar surface area (TPSA) is 111 Å². The van der Waals surface area contributed by atoms with Crippen LogP contribution in [0.15, 0.2) is 34.7 Å². The minimum Gasteiger partial charge on any atom is -0.495 e. The predicted molar refractivity (Wildman–Crippen MR) is 87.7 cm³/mol. The zero-order valence-electron chi connectivity index (χ0n) is 12.4. The normalized spacial score (nSPS) is 14.6. The van der Waals surface area contributed by atoms with E-state index in [2.05, 4.69) is 10.0 Å². The minimum absolute atomic E-state index is 0. The number of nitrogens with one attached hydrogen (secondary N) is 2. The van der Waals surface area contributed by atoms with Crippen LogP contribution in [0.2, 0.25) is 0 Å². The van der Waals surface area contributed by atoms with Crippen LogP contribution in [0.4, 0.5) is 5.69 Å². The number of benzene rings is 1. The van der Waals surface area contributed by atoms with E-state index in [1.165, 1.54) is 13.2 Å². The van der Waals surface area contributed by atoms with Crippen molar-refractivity contribution in [2.45, 2.75) is 11.3 Å². The summed E-state index contributed by atoms with van der Waals surface area (Å²) in [6, 6.07) is 3.41. The van der Waals surface area contributed by atoms with Crippen LogP contribution in [0.5, 0.6) is 5.75 Å². The Morgan fingerprint density at radius 3 is 2.74 bits per heavy atom. The standard InChI is InChI=1S/C13H17N3O5S.ClH/c1-21-12-8-11(16(17)18)2-3-13(12)22(19,20)15-9-10-4-6-14-7-5-10;/h2-4,8,14-15H,5-7,9H2,1H3;1H. The molecule has 128 valence electrons. The third-order valence-electron chi connectivity index (χ3n) is 3.29. The van der Waals surface area contributed by atoms with Gasteiger partial charge in [0.2, 0.25) is 10.0 Å². The number of rotatable bonds is 6. The van der Waals surface area contributed by atoms with E-state index in [9.17, 15) is 18.5 Å².